The number of thiazole rings is 1. The van der Waals surface area contributed by atoms with Gasteiger partial charge in [0.1, 0.15) is 16.7 Å². The number of anilines is 1. The molecule has 4 aliphatic rings. The van der Waals surface area contributed by atoms with Crippen LogP contribution in [0.5, 0.6) is 0 Å². The van der Waals surface area contributed by atoms with Crippen molar-refractivity contribution in [3.05, 3.63) is 47.0 Å². The molecule has 4 amide bonds. The molecule has 5 atom stereocenters. The molecule has 6 rings (SSSR count). The van der Waals surface area contributed by atoms with Crippen molar-refractivity contribution in [3.63, 3.8) is 0 Å². The van der Waals surface area contributed by atoms with Crippen LogP contribution in [-0.2, 0) is 29.1 Å². The fourth-order valence-corrected chi connectivity index (χ4v) is 8.64. The van der Waals surface area contributed by atoms with Gasteiger partial charge in [-0.05, 0) is 76.5 Å². The van der Waals surface area contributed by atoms with Crippen molar-refractivity contribution in [2.24, 2.45) is 17.8 Å². The summed E-state index contributed by atoms with van der Waals surface area (Å²) in [7, 11) is -2.14. The first-order chi connectivity index (χ1) is 21.9. The highest BCUT2D eigenvalue weighted by molar-refractivity contribution is 7.91. The zero-order chi connectivity index (χ0) is 32.8. The maximum atomic E-state index is 13.9. The van der Waals surface area contributed by atoms with Crippen molar-refractivity contribution in [1.82, 2.24) is 19.9 Å². The zero-order valence-electron chi connectivity index (χ0n) is 26.1. The molecule has 14 heteroatoms. The van der Waals surface area contributed by atoms with Gasteiger partial charge in [-0.3, -0.25) is 24.4 Å². The third kappa shape index (κ3) is 6.68. The molecular formula is C32H39N5O7S2. The molecule has 3 N–H and O–H groups in total. The Morgan fingerprint density at radius 3 is 2.63 bits per heavy atom. The van der Waals surface area contributed by atoms with Gasteiger partial charge in [0.25, 0.3) is 5.91 Å². The molecule has 1 aromatic carbocycles. The lowest BCUT2D eigenvalue weighted by molar-refractivity contribution is -0.140. The second kappa shape index (κ2) is 12.4. The molecule has 2 aromatic rings. The van der Waals surface area contributed by atoms with Crippen molar-refractivity contribution in [3.8, 4) is 10.6 Å². The lowest BCUT2D eigenvalue weighted by Gasteiger charge is -2.26. The van der Waals surface area contributed by atoms with Crippen LogP contribution >= 0.6 is 11.3 Å². The van der Waals surface area contributed by atoms with Crippen molar-refractivity contribution in [2.75, 3.05) is 18.9 Å². The number of amides is 4. The van der Waals surface area contributed by atoms with Crippen LogP contribution in [0, 0.1) is 31.6 Å². The fraction of sp³-hybridized carbons (Fsp3) is 0.531. The number of fused-ring (bicyclic) bond motifs is 2. The number of aryl methyl sites for hydroxylation is 2. The quantitative estimate of drug-likeness (QED) is 0.393. The summed E-state index contributed by atoms with van der Waals surface area (Å²) in [4.78, 5) is 60.2. The van der Waals surface area contributed by atoms with Gasteiger partial charge in [0, 0.05) is 36.1 Å². The van der Waals surface area contributed by atoms with Crippen LogP contribution in [0.4, 0.5) is 10.5 Å². The van der Waals surface area contributed by atoms with Gasteiger partial charge in [-0.25, -0.2) is 18.2 Å². The van der Waals surface area contributed by atoms with E-state index in [9.17, 15) is 27.6 Å². The van der Waals surface area contributed by atoms with E-state index in [2.05, 4.69) is 20.3 Å². The molecule has 0 unspecified atom stereocenters. The Morgan fingerprint density at radius 1 is 1.15 bits per heavy atom. The first-order valence-corrected chi connectivity index (χ1v) is 18.1. The van der Waals surface area contributed by atoms with Gasteiger partial charge in [0.05, 0.1) is 22.8 Å². The largest absolute Gasteiger partial charge is 0.446 e. The summed E-state index contributed by atoms with van der Waals surface area (Å²) < 4.78 is 33.2. The van der Waals surface area contributed by atoms with Crippen molar-refractivity contribution in [1.29, 1.82) is 0 Å². The van der Waals surface area contributed by atoms with E-state index in [1.165, 1.54) is 11.3 Å². The molecule has 0 spiro atoms. The van der Waals surface area contributed by atoms with Gasteiger partial charge < -0.3 is 15.0 Å². The highest BCUT2D eigenvalue weighted by Crippen LogP contribution is 2.47. The van der Waals surface area contributed by atoms with E-state index in [1.807, 2.05) is 49.6 Å². The number of nitrogens with zero attached hydrogens (tertiary/aromatic N) is 2. The summed E-state index contributed by atoms with van der Waals surface area (Å²) in [6.07, 6.45) is 5.10. The van der Waals surface area contributed by atoms with Crippen LogP contribution in [0.2, 0.25) is 0 Å². The molecular weight excluding hydrogens is 631 g/mol. The first kappa shape index (κ1) is 32.2. The van der Waals surface area contributed by atoms with Crippen molar-refractivity contribution in [2.45, 2.75) is 75.7 Å². The summed E-state index contributed by atoms with van der Waals surface area (Å²) in [6.45, 7) is 4.28. The molecule has 3 aliphatic carbocycles. The Kier molecular flexibility index (Phi) is 8.70. The Bertz CT molecular complexity index is 1700. The number of hydrogen-bond donors (Lipinski definition) is 3. The average molecular weight is 670 g/mol. The number of ether oxygens (including phenoxy) is 1. The summed E-state index contributed by atoms with van der Waals surface area (Å²) in [5.74, 6) is -3.56. The second-order valence-corrected chi connectivity index (χ2v) is 15.8. The Labute approximate surface area is 272 Å². The van der Waals surface area contributed by atoms with Gasteiger partial charge in [-0.1, -0.05) is 18.2 Å². The van der Waals surface area contributed by atoms with Crippen LogP contribution in [0.3, 0.4) is 0 Å². The van der Waals surface area contributed by atoms with Gasteiger partial charge >= 0.3 is 6.09 Å². The summed E-state index contributed by atoms with van der Waals surface area (Å²) in [5.41, 5.74) is 1.67. The minimum atomic E-state index is -3.83. The molecule has 0 radical (unpaired) electrons. The van der Waals surface area contributed by atoms with E-state index in [1.54, 1.807) is 11.9 Å². The zero-order valence-corrected chi connectivity index (χ0v) is 27.7. The number of carbonyl (C=O) groups is 4. The van der Waals surface area contributed by atoms with E-state index >= 15 is 0 Å². The van der Waals surface area contributed by atoms with Gasteiger partial charge in [0.2, 0.25) is 21.8 Å². The maximum absolute atomic E-state index is 13.9. The summed E-state index contributed by atoms with van der Waals surface area (Å²) >= 11 is 1.46. The molecule has 246 valence electrons. The Balaban J connectivity index is 1.20. The fourth-order valence-electron chi connectivity index (χ4n) is 6.44. The molecule has 1 aliphatic heterocycles. The van der Waals surface area contributed by atoms with E-state index in [0.717, 1.165) is 21.8 Å². The average Bonchev–Trinajstić information content (AvgIpc) is 3.88. The van der Waals surface area contributed by atoms with E-state index < -0.39 is 56.7 Å². The third-order valence-electron chi connectivity index (χ3n) is 9.28. The smallest absolute Gasteiger partial charge is 0.411 e. The molecule has 0 saturated heterocycles. The summed E-state index contributed by atoms with van der Waals surface area (Å²) in [5, 5.41) is 7.76. The molecule has 12 nitrogen and oxygen atoms in total. The molecule has 46 heavy (non-hydrogen) atoms. The van der Waals surface area contributed by atoms with Gasteiger partial charge in [-0.15, -0.1) is 11.3 Å². The number of benzene rings is 1. The van der Waals surface area contributed by atoms with Gasteiger partial charge in [-0.2, -0.15) is 0 Å². The number of rotatable bonds is 6. The third-order valence-corrected chi connectivity index (χ3v) is 12.1. The lowest BCUT2D eigenvalue weighted by atomic mass is 9.93. The first-order valence-electron chi connectivity index (χ1n) is 15.7. The molecule has 1 aromatic heterocycles. The normalized spacial score (nSPS) is 28.8. The van der Waals surface area contributed by atoms with E-state index in [0.29, 0.717) is 37.9 Å². The number of sulfonamides is 1. The van der Waals surface area contributed by atoms with Crippen molar-refractivity contribution >= 4 is 50.9 Å². The monoisotopic (exact) mass is 669 g/mol. The molecule has 0 bridgehead atoms. The predicted molar refractivity (Wildman–Crippen MR) is 172 cm³/mol. The van der Waals surface area contributed by atoms with Crippen LogP contribution in [-0.4, -0.2) is 72.6 Å². The molecule has 3 saturated carbocycles. The van der Waals surface area contributed by atoms with E-state index in [4.69, 9.17) is 4.74 Å². The van der Waals surface area contributed by atoms with E-state index in [-0.39, 0.29) is 31.1 Å². The maximum Gasteiger partial charge on any atom is 0.411 e. The molecule has 3 fully saturated rings. The summed E-state index contributed by atoms with van der Waals surface area (Å²) in [6, 6.07) is 5.65. The topological polar surface area (TPSA) is 164 Å². The standard InChI is InChI=1S/C32H39N5O7S2/c1-18-8-11-23(28-33-19(2)17-45-28)26(13-18)34-31(41)44-21-14-24-25(15-21)29(39)37(3)12-6-4-5-7-20-16-32(20,35-27(24)38)30(40)36-46(42,43)22-9-10-22/h5,7-8,11,13,17,20-22,24-25H,4,6,9-10,12,14-16H2,1-3H3,(H,34,41)(H,35,38)(H,36,40)/b7-5-/t20-,21-,24-,25-,32-/m1/s1. The minimum Gasteiger partial charge on any atom is -0.446 e. The highest BCUT2D eigenvalue weighted by atomic mass is 32.2. The number of hydrogen-bond acceptors (Lipinski definition) is 9. The van der Waals surface area contributed by atoms with Gasteiger partial charge in [0.15, 0.2) is 0 Å². The van der Waals surface area contributed by atoms with Crippen molar-refractivity contribution < 1.29 is 32.3 Å². The SMILES string of the molecule is Cc1ccc(-c2nc(C)cs2)c(NC(=O)O[C@@H]2C[C@H]3C(=O)N[C@]4(C(=O)NS(=O)(=O)C5CC5)C[C@H]4/C=C\CCCN(C)C(=O)[C@@H]3C2)c1. The minimum absolute atomic E-state index is 0.0778. The Hall–Kier alpha value is -3.78. The molecule has 2 heterocycles. The number of allylic oxidation sites excluding steroid dienone is 1. The Morgan fingerprint density at radius 2 is 1.91 bits per heavy atom. The number of carbonyl (C=O) groups excluding carboxylic acids is 4. The number of nitrogens with one attached hydrogen (secondary N) is 3. The highest BCUT2D eigenvalue weighted by Gasteiger charge is 2.62. The number of aromatic nitrogens is 1. The second-order valence-electron chi connectivity index (χ2n) is 13.0. The van der Waals surface area contributed by atoms with Crippen LogP contribution in [0.25, 0.3) is 10.6 Å². The lowest BCUT2D eigenvalue weighted by Crippen LogP contribution is -2.54. The van der Waals surface area contributed by atoms with Crippen LogP contribution < -0.4 is 15.4 Å². The van der Waals surface area contributed by atoms with Crippen LogP contribution in [0.1, 0.15) is 56.2 Å². The predicted octanol–water partition coefficient (Wildman–Crippen LogP) is 3.66. The van der Waals surface area contributed by atoms with Crippen LogP contribution in [0.15, 0.2) is 35.7 Å².